The number of aromatic nitrogens is 1. The molecular formula is C16H19N3O. The summed E-state index contributed by atoms with van der Waals surface area (Å²) in [6.45, 7) is 4.66. The van der Waals surface area contributed by atoms with Gasteiger partial charge in [-0.2, -0.15) is 0 Å². The normalized spacial score (nSPS) is 17.2. The Labute approximate surface area is 118 Å². The minimum Gasteiger partial charge on any atom is -0.384 e. The van der Waals surface area contributed by atoms with Crippen LogP contribution in [0.15, 0.2) is 36.4 Å². The van der Waals surface area contributed by atoms with Gasteiger partial charge in [0.1, 0.15) is 0 Å². The summed E-state index contributed by atoms with van der Waals surface area (Å²) in [6.07, 6.45) is 0.786. The molecule has 0 saturated heterocycles. The summed E-state index contributed by atoms with van der Waals surface area (Å²) < 4.78 is 1.85. The number of rotatable bonds is 2. The average Bonchev–Trinajstić information content (AvgIpc) is 2.78. The number of hydrogen-bond donors (Lipinski definition) is 2. The van der Waals surface area contributed by atoms with Crippen LogP contribution in [0.5, 0.6) is 0 Å². The van der Waals surface area contributed by atoms with Crippen molar-refractivity contribution in [2.24, 2.45) is 5.92 Å². The van der Waals surface area contributed by atoms with E-state index in [1.54, 1.807) is 0 Å². The molecule has 2 heterocycles. The lowest BCUT2D eigenvalue weighted by molar-refractivity contribution is -0.120. The van der Waals surface area contributed by atoms with Gasteiger partial charge in [0, 0.05) is 23.6 Å². The van der Waals surface area contributed by atoms with Crippen LogP contribution in [-0.2, 0) is 11.2 Å². The van der Waals surface area contributed by atoms with Crippen LogP contribution in [0.3, 0.4) is 0 Å². The first-order valence-corrected chi connectivity index (χ1v) is 6.93. The Morgan fingerprint density at radius 3 is 2.65 bits per heavy atom. The van der Waals surface area contributed by atoms with Crippen molar-refractivity contribution in [2.75, 3.05) is 17.3 Å². The first-order valence-electron chi connectivity index (χ1n) is 6.93. The molecular weight excluding hydrogens is 250 g/mol. The topological polar surface area (TPSA) is 46.1 Å². The van der Waals surface area contributed by atoms with Gasteiger partial charge in [-0.15, -0.1) is 0 Å². The summed E-state index contributed by atoms with van der Waals surface area (Å²) in [6, 6.07) is 12.2. The number of amides is 1. The van der Waals surface area contributed by atoms with Gasteiger partial charge in [-0.05, 0) is 44.0 Å². The van der Waals surface area contributed by atoms with Crippen LogP contribution in [-0.4, -0.2) is 17.1 Å². The molecule has 1 unspecified atom stereocenters. The highest BCUT2D eigenvalue weighted by molar-refractivity contribution is 5.87. The Balaban J connectivity index is 1.74. The van der Waals surface area contributed by atoms with Gasteiger partial charge in [-0.25, -0.2) is 0 Å². The van der Waals surface area contributed by atoms with Crippen molar-refractivity contribution in [3.63, 3.8) is 0 Å². The van der Waals surface area contributed by atoms with Crippen LogP contribution in [0.1, 0.15) is 17.0 Å². The van der Waals surface area contributed by atoms with E-state index in [0.29, 0.717) is 6.54 Å². The third-order valence-corrected chi connectivity index (χ3v) is 3.89. The molecule has 1 atom stereocenters. The predicted octanol–water partition coefficient (Wildman–Crippen LogP) is 2.46. The predicted molar refractivity (Wildman–Crippen MR) is 80.4 cm³/mol. The SMILES string of the molecule is Cc1ccc(C)n1NC(=O)C1CNc2ccccc2C1. The lowest BCUT2D eigenvalue weighted by atomic mass is 9.93. The second-order valence-corrected chi connectivity index (χ2v) is 5.37. The van der Waals surface area contributed by atoms with Gasteiger partial charge in [-0.1, -0.05) is 18.2 Å². The third-order valence-electron chi connectivity index (χ3n) is 3.89. The molecule has 4 nitrogen and oxygen atoms in total. The molecule has 0 aliphatic carbocycles. The number of nitrogens with zero attached hydrogens (tertiary/aromatic N) is 1. The van der Waals surface area contributed by atoms with Crippen molar-refractivity contribution >= 4 is 11.6 Å². The molecule has 0 bridgehead atoms. The fourth-order valence-corrected chi connectivity index (χ4v) is 2.67. The average molecular weight is 269 g/mol. The fourth-order valence-electron chi connectivity index (χ4n) is 2.67. The zero-order valence-electron chi connectivity index (χ0n) is 11.8. The third kappa shape index (κ3) is 2.29. The monoisotopic (exact) mass is 269 g/mol. The van der Waals surface area contributed by atoms with Gasteiger partial charge in [0.25, 0.3) is 0 Å². The van der Waals surface area contributed by atoms with E-state index in [0.717, 1.165) is 23.5 Å². The number of carbonyl (C=O) groups excluding carboxylic acids is 1. The molecule has 1 amide bonds. The van der Waals surface area contributed by atoms with Crippen LogP contribution in [0.25, 0.3) is 0 Å². The lowest BCUT2D eigenvalue weighted by Gasteiger charge is -2.26. The van der Waals surface area contributed by atoms with Crippen LogP contribution in [0.4, 0.5) is 5.69 Å². The number of fused-ring (bicyclic) bond motifs is 1. The maximum absolute atomic E-state index is 12.4. The Bertz CT molecular complexity index is 625. The van der Waals surface area contributed by atoms with Gasteiger partial charge in [0.05, 0.1) is 5.92 Å². The lowest BCUT2D eigenvalue weighted by Crippen LogP contribution is -2.37. The second kappa shape index (κ2) is 5.04. The van der Waals surface area contributed by atoms with Gasteiger partial charge in [-0.3, -0.25) is 14.9 Å². The molecule has 0 saturated carbocycles. The van der Waals surface area contributed by atoms with Crippen LogP contribution in [0, 0.1) is 19.8 Å². The highest BCUT2D eigenvalue weighted by Crippen LogP contribution is 2.24. The second-order valence-electron chi connectivity index (χ2n) is 5.37. The van der Waals surface area contributed by atoms with Gasteiger partial charge in [0.15, 0.2) is 0 Å². The number of nitrogens with one attached hydrogen (secondary N) is 2. The van der Waals surface area contributed by atoms with E-state index in [1.807, 2.05) is 42.8 Å². The maximum atomic E-state index is 12.4. The van der Waals surface area contributed by atoms with Crippen molar-refractivity contribution in [3.8, 4) is 0 Å². The van der Waals surface area contributed by atoms with E-state index < -0.39 is 0 Å². The van der Waals surface area contributed by atoms with Crippen molar-refractivity contribution < 1.29 is 4.79 Å². The molecule has 3 rings (SSSR count). The molecule has 0 spiro atoms. The Hall–Kier alpha value is -2.23. The molecule has 0 radical (unpaired) electrons. The summed E-state index contributed by atoms with van der Waals surface area (Å²) in [4.78, 5) is 12.4. The fraction of sp³-hybridized carbons (Fsp3) is 0.312. The highest BCUT2D eigenvalue weighted by Gasteiger charge is 2.24. The number of aryl methyl sites for hydroxylation is 2. The largest absolute Gasteiger partial charge is 0.384 e. The quantitative estimate of drug-likeness (QED) is 0.879. The van der Waals surface area contributed by atoms with E-state index >= 15 is 0 Å². The number of benzene rings is 1. The molecule has 104 valence electrons. The van der Waals surface area contributed by atoms with E-state index in [4.69, 9.17) is 0 Å². The summed E-state index contributed by atoms with van der Waals surface area (Å²) >= 11 is 0. The van der Waals surface area contributed by atoms with Crippen LogP contribution in [0.2, 0.25) is 0 Å². The molecule has 0 fully saturated rings. The van der Waals surface area contributed by atoms with Crippen molar-refractivity contribution in [2.45, 2.75) is 20.3 Å². The van der Waals surface area contributed by atoms with Crippen molar-refractivity contribution in [1.29, 1.82) is 0 Å². The summed E-state index contributed by atoms with van der Waals surface area (Å²) in [5, 5.41) is 3.33. The molecule has 2 aromatic rings. The number of para-hydroxylation sites is 1. The minimum atomic E-state index is -0.0360. The number of hydrogen-bond acceptors (Lipinski definition) is 2. The highest BCUT2D eigenvalue weighted by atomic mass is 16.2. The smallest absolute Gasteiger partial charge is 0.244 e. The molecule has 4 heteroatoms. The van der Waals surface area contributed by atoms with Gasteiger partial charge < -0.3 is 5.32 Å². The molecule has 1 aliphatic rings. The van der Waals surface area contributed by atoms with Crippen molar-refractivity contribution in [3.05, 3.63) is 53.3 Å². The van der Waals surface area contributed by atoms with Gasteiger partial charge >= 0.3 is 0 Å². The van der Waals surface area contributed by atoms with E-state index in [9.17, 15) is 4.79 Å². The van der Waals surface area contributed by atoms with Gasteiger partial charge in [0.2, 0.25) is 5.91 Å². The molecule has 20 heavy (non-hydrogen) atoms. The maximum Gasteiger partial charge on any atom is 0.244 e. The summed E-state index contributed by atoms with van der Waals surface area (Å²) in [7, 11) is 0. The Kier molecular flexibility index (Phi) is 3.22. The number of carbonyl (C=O) groups is 1. The van der Waals surface area contributed by atoms with E-state index in [-0.39, 0.29) is 11.8 Å². The first kappa shape index (κ1) is 12.8. The van der Waals surface area contributed by atoms with Crippen molar-refractivity contribution in [1.82, 2.24) is 4.68 Å². The minimum absolute atomic E-state index is 0.0360. The standard InChI is InChI=1S/C16H19N3O/c1-11-7-8-12(2)19(11)18-16(20)14-9-13-5-3-4-6-15(13)17-10-14/h3-8,14,17H,9-10H2,1-2H3,(H,18,20). The molecule has 2 N–H and O–H groups in total. The molecule has 1 aliphatic heterocycles. The van der Waals surface area contributed by atoms with Crippen LogP contribution >= 0.6 is 0 Å². The number of anilines is 1. The van der Waals surface area contributed by atoms with E-state index in [2.05, 4.69) is 22.9 Å². The van der Waals surface area contributed by atoms with E-state index in [1.165, 1.54) is 5.56 Å². The molecule has 1 aromatic heterocycles. The Morgan fingerprint density at radius 2 is 1.90 bits per heavy atom. The zero-order chi connectivity index (χ0) is 14.1. The first-order chi connectivity index (χ1) is 9.65. The Morgan fingerprint density at radius 1 is 1.20 bits per heavy atom. The summed E-state index contributed by atoms with van der Waals surface area (Å²) in [5.74, 6) is 0.0282. The van der Waals surface area contributed by atoms with Crippen LogP contribution < -0.4 is 10.7 Å². The zero-order valence-corrected chi connectivity index (χ0v) is 11.8. The molecule has 1 aromatic carbocycles. The summed E-state index contributed by atoms with van der Waals surface area (Å²) in [5.41, 5.74) is 7.43.